The van der Waals surface area contributed by atoms with Crippen molar-refractivity contribution < 1.29 is 9.59 Å². The number of amides is 1. The molecule has 4 rings (SSSR count). The first-order valence-electron chi connectivity index (χ1n) is 9.54. The Labute approximate surface area is 164 Å². The average molecular weight is 386 g/mol. The van der Waals surface area contributed by atoms with E-state index in [-0.39, 0.29) is 11.3 Å². The second kappa shape index (κ2) is 7.12. The van der Waals surface area contributed by atoms with Crippen molar-refractivity contribution in [1.82, 2.24) is 4.90 Å². The highest BCUT2D eigenvalue weighted by Gasteiger charge is 2.41. The van der Waals surface area contributed by atoms with Crippen LogP contribution in [0, 0.1) is 11.8 Å². The van der Waals surface area contributed by atoms with Crippen LogP contribution in [0.15, 0.2) is 41.4 Å². The number of hydrogen-bond acceptors (Lipinski definition) is 4. The van der Waals surface area contributed by atoms with E-state index >= 15 is 0 Å². The molecule has 5 nitrogen and oxygen atoms in total. The molecule has 1 amide bonds. The number of hydrogen-bond donors (Lipinski definition) is 0. The molecule has 1 aliphatic carbocycles. The summed E-state index contributed by atoms with van der Waals surface area (Å²) in [5.41, 5.74) is 1.12. The van der Waals surface area contributed by atoms with Gasteiger partial charge in [-0.3, -0.25) is 14.6 Å². The summed E-state index contributed by atoms with van der Waals surface area (Å²) in [5, 5.41) is 0.125. The fourth-order valence-electron chi connectivity index (χ4n) is 4.41. The van der Waals surface area contributed by atoms with Gasteiger partial charge in [0.1, 0.15) is 0 Å². The number of aliphatic imine (C=N–C) groups is 1. The van der Waals surface area contributed by atoms with Gasteiger partial charge in [-0.25, -0.2) is 0 Å². The van der Waals surface area contributed by atoms with Gasteiger partial charge in [-0.15, -0.1) is 11.6 Å². The Morgan fingerprint density at radius 1 is 1.30 bits per heavy atom. The number of allylic oxidation sites excluding steroid dienone is 2. The minimum atomic E-state index is -1.05. The number of carbonyl (C=O) groups excluding carboxylic acids is 2. The largest absolute Gasteiger partial charge is 0.371 e. The normalized spacial score (nSPS) is 32.2. The summed E-state index contributed by atoms with van der Waals surface area (Å²) in [4.78, 5) is 31.8. The van der Waals surface area contributed by atoms with Crippen molar-refractivity contribution in [3.05, 3.63) is 42.0 Å². The zero-order chi connectivity index (χ0) is 19.0. The lowest BCUT2D eigenvalue weighted by Gasteiger charge is -2.31. The van der Waals surface area contributed by atoms with Gasteiger partial charge >= 0.3 is 0 Å². The molecule has 1 aromatic carbocycles. The first kappa shape index (κ1) is 18.2. The summed E-state index contributed by atoms with van der Waals surface area (Å²) in [6, 6.07) is 8.26. The molecule has 1 fully saturated rings. The quantitative estimate of drug-likeness (QED) is 0.444. The van der Waals surface area contributed by atoms with Gasteiger partial charge in [0, 0.05) is 31.2 Å². The van der Waals surface area contributed by atoms with Gasteiger partial charge in [-0.1, -0.05) is 31.2 Å². The molecule has 0 saturated carbocycles. The summed E-state index contributed by atoms with van der Waals surface area (Å²) in [6.45, 7) is 4.25. The maximum absolute atomic E-state index is 12.2. The monoisotopic (exact) mass is 385 g/mol. The number of rotatable bonds is 5. The highest BCUT2D eigenvalue weighted by atomic mass is 35.5. The molecule has 1 aromatic rings. The van der Waals surface area contributed by atoms with Crippen LogP contribution in [0.5, 0.6) is 0 Å². The van der Waals surface area contributed by atoms with Crippen LogP contribution in [-0.2, 0) is 16.1 Å². The number of anilines is 1. The second-order valence-corrected chi connectivity index (χ2v) is 8.14. The zero-order valence-electron chi connectivity index (χ0n) is 15.4. The molecular weight excluding hydrogens is 362 g/mol. The molecule has 4 unspecified atom stereocenters. The van der Waals surface area contributed by atoms with Crippen LogP contribution in [0.3, 0.4) is 0 Å². The van der Waals surface area contributed by atoms with Crippen molar-refractivity contribution >= 4 is 35.7 Å². The van der Waals surface area contributed by atoms with Gasteiger partial charge in [0.25, 0.3) is 5.91 Å². The van der Waals surface area contributed by atoms with Crippen molar-refractivity contribution in [2.45, 2.75) is 37.4 Å². The molecule has 6 heteroatoms. The van der Waals surface area contributed by atoms with Crippen LogP contribution in [0.4, 0.5) is 5.69 Å². The summed E-state index contributed by atoms with van der Waals surface area (Å²) < 4.78 is 0. The minimum Gasteiger partial charge on any atom is -0.371 e. The van der Waals surface area contributed by atoms with Gasteiger partial charge < -0.3 is 9.80 Å². The highest BCUT2D eigenvalue weighted by molar-refractivity contribution is 6.29. The van der Waals surface area contributed by atoms with E-state index in [9.17, 15) is 9.59 Å². The van der Waals surface area contributed by atoms with Gasteiger partial charge in [0.05, 0.1) is 11.6 Å². The number of halogens is 1. The topological polar surface area (TPSA) is 53.0 Å². The van der Waals surface area contributed by atoms with E-state index in [1.165, 1.54) is 11.9 Å². The summed E-state index contributed by atoms with van der Waals surface area (Å²) in [6.07, 6.45) is 7.93. The predicted molar refractivity (Wildman–Crippen MR) is 107 cm³/mol. The zero-order valence-corrected chi connectivity index (χ0v) is 16.2. The molecular formula is C21H24ClN3O2. The average Bonchev–Trinajstić information content (AvgIpc) is 3.26. The van der Waals surface area contributed by atoms with Crippen molar-refractivity contribution in [3.63, 3.8) is 0 Å². The Kier molecular flexibility index (Phi) is 4.81. The van der Waals surface area contributed by atoms with E-state index in [2.05, 4.69) is 34.2 Å². The number of nitrogens with zero attached hydrogens (tertiary/aromatic N) is 3. The molecule has 3 aliphatic rings. The molecule has 142 valence electrons. The van der Waals surface area contributed by atoms with Crippen LogP contribution in [0.2, 0.25) is 0 Å². The molecule has 2 aliphatic heterocycles. The molecule has 1 saturated heterocycles. The molecule has 27 heavy (non-hydrogen) atoms. The Balaban J connectivity index is 1.46. The molecule has 0 radical (unpaired) electrons. The summed E-state index contributed by atoms with van der Waals surface area (Å²) in [7, 11) is 0. The molecule has 4 atom stereocenters. The first-order chi connectivity index (χ1) is 13.1. The Morgan fingerprint density at radius 2 is 2.07 bits per heavy atom. The third-order valence-corrected chi connectivity index (χ3v) is 6.61. The standard InChI is InChI=1S/C21H24ClN3O2/c1-2-21(14-26)23-10-20(27)25(21)11-15-6-8-17(9-7-15)24-12-16-4-3-5-19(22)18(16)13-24/h3,5-10,14,16,18-19H,2,4,11-13H2,1H3. The first-order valence-corrected chi connectivity index (χ1v) is 9.98. The van der Waals surface area contributed by atoms with Crippen molar-refractivity contribution in [1.29, 1.82) is 0 Å². The maximum atomic E-state index is 12.2. The van der Waals surface area contributed by atoms with Crippen LogP contribution in [0.25, 0.3) is 0 Å². The van der Waals surface area contributed by atoms with E-state index in [0.717, 1.165) is 31.4 Å². The second-order valence-electron chi connectivity index (χ2n) is 7.64. The van der Waals surface area contributed by atoms with Gasteiger partial charge in [-0.2, -0.15) is 0 Å². The number of alkyl halides is 1. The van der Waals surface area contributed by atoms with Crippen molar-refractivity contribution in [2.24, 2.45) is 16.8 Å². The lowest BCUT2D eigenvalue weighted by molar-refractivity contribution is -0.134. The van der Waals surface area contributed by atoms with E-state index < -0.39 is 5.66 Å². The Bertz CT molecular complexity index is 791. The fourth-order valence-corrected chi connectivity index (χ4v) is 4.80. The number of carbonyl (C=O) groups is 2. The molecule has 0 aromatic heterocycles. The summed E-state index contributed by atoms with van der Waals surface area (Å²) >= 11 is 6.47. The number of benzene rings is 1. The maximum Gasteiger partial charge on any atom is 0.267 e. The molecule has 0 spiro atoms. The number of aldehydes is 1. The smallest absolute Gasteiger partial charge is 0.267 e. The van der Waals surface area contributed by atoms with Gasteiger partial charge in [0.2, 0.25) is 0 Å². The van der Waals surface area contributed by atoms with Crippen molar-refractivity contribution in [2.75, 3.05) is 18.0 Å². The summed E-state index contributed by atoms with van der Waals surface area (Å²) in [5.74, 6) is 0.917. The molecule has 0 N–H and O–H groups in total. The fraction of sp³-hybridized carbons (Fsp3) is 0.476. The van der Waals surface area contributed by atoms with E-state index in [1.807, 2.05) is 19.1 Å². The number of fused-ring (bicyclic) bond motifs is 1. The van der Waals surface area contributed by atoms with Gasteiger partial charge in [-0.05, 0) is 36.5 Å². The molecule has 0 bridgehead atoms. The SMILES string of the molecule is CCC1(C=O)N=CC(=O)N1Cc1ccc(N2CC3CC=CC(Cl)C3C2)cc1. The molecule has 2 heterocycles. The Morgan fingerprint density at radius 3 is 2.74 bits per heavy atom. The van der Waals surface area contributed by atoms with Gasteiger partial charge in [0.15, 0.2) is 11.9 Å². The van der Waals surface area contributed by atoms with E-state index in [1.54, 1.807) is 4.90 Å². The highest BCUT2D eigenvalue weighted by Crippen LogP contribution is 2.37. The van der Waals surface area contributed by atoms with Crippen molar-refractivity contribution in [3.8, 4) is 0 Å². The van der Waals surface area contributed by atoms with Crippen LogP contribution in [-0.4, -0.2) is 47.4 Å². The van der Waals surface area contributed by atoms with E-state index in [0.29, 0.717) is 24.8 Å². The lowest BCUT2D eigenvalue weighted by Crippen LogP contribution is -2.46. The predicted octanol–water partition coefficient (Wildman–Crippen LogP) is 3.02. The lowest BCUT2D eigenvalue weighted by atomic mass is 9.86. The van der Waals surface area contributed by atoms with Crippen LogP contribution < -0.4 is 4.90 Å². The third kappa shape index (κ3) is 3.18. The van der Waals surface area contributed by atoms with Crippen LogP contribution >= 0.6 is 11.6 Å². The van der Waals surface area contributed by atoms with E-state index in [4.69, 9.17) is 11.6 Å². The minimum absolute atomic E-state index is 0.125. The Hall–Kier alpha value is -2.14. The third-order valence-electron chi connectivity index (χ3n) is 6.14. The van der Waals surface area contributed by atoms with Crippen LogP contribution in [0.1, 0.15) is 25.3 Å².